The first-order valence-corrected chi connectivity index (χ1v) is 10.5. The van der Waals surface area contributed by atoms with Gasteiger partial charge in [-0.3, -0.25) is 14.6 Å². The first-order chi connectivity index (χ1) is 12.2. The zero-order valence-corrected chi connectivity index (χ0v) is 16.3. The van der Waals surface area contributed by atoms with E-state index in [0.717, 1.165) is 0 Å². The van der Waals surface area contributed by atoms with E-state index in [1.807, 2.05) is 19.0 Å². The zero-order valence-electron chi connectivity index (χ0n) is 15.4. The van der Waals surface area contributed by atoms with Gasteiger partial charge >= 0.3 is 0 Å². The van der Waals surface area contributed by atoms with Gasteiger partial charge < -0.3 is 15.1 Å². The molecule has 1 unspecified atom stereocenters. The van der Waals surface area contributed by atoms with Gasteiger partial charge in [0.25, 0.3) is 11.8 Å². The van der Waals surface area contributed by atoms with Gasteiger partial charge in [-0.25, -0.2) is 8.42 Å². The van der Waals surface area contributed by atoms with Crippen LogP contribution in [0.2, 0.25) is 0 Å². The van der Waals surface area contributed by atoms with Crippen LogP contribution >= 0.6 is 0 Å². The van der Waals surface area contributed by atoms with E-state index < -0.39 is 9.84 Å². The maximum Gasteiger partial charge on any atom is 0.272 e. The third kappa shape index (κ3) is 5.25. The summed E-state index contributed by atoms with van der Waals surface area (Å²) in [4.78, 5) is 32.6. The summed E-state index contributed by atoms with van der Waals surface area (Å²) in [5.41, 5.74) is 0.508. The fraction of sp³-hybridized carbons (Fsp3) is 0.588. The zero-order chi connectivity index (χ0) is 19.3. The Hall–Kier alpha value is -2.00. The molecule has 1 aromatic heterocycles. The van der Waals surface area contributed by atoms with Crippen LogP contribution in [0.25, 0.3) is 0 Å². The molecule has 2 rings (SSSR count). The third-order valence-electron chi connectivity index (χ3n) is 4.34. The van der Waals surface area contributed by atoms with Crippen LogP contribution in [0.5, 0.6) is 0 Å². The molecule has 0 aliphatic carbocycles. The highest BCUT2D eigenvalue weighted by atomic mass is 32.2. The number of hydrogen-bond acceptors (Lipinski definition) is 6. The Morgan fingerprint density at radius 1 is 1.35 bits per heavy atom. The van der Waals surface area contributed by atoms with E-state index in [4.69, 9.17) is 0 Å². The van der Waals surface area contributed by atoms with E-state index in [1.165, 1.54) is 17.2 Å². The van der Waals surface area contributed by atoms with Crippen molar-refractivity contribution in [3.05, 3.63) is 29.6 Å². The molecule has 1 saturated heterocycles. The summed E-state index contributed by atoms with van der Waals surface area (Å²) >= 11 is 0. The van der Waals surface area contributed by atoms with Crippen LogP contribution in [-0.4, -0.2) is 86.3 Å². The standard InChI is InChI=1S/C17H26N4O4S/c1-4-21(14-6-10-26(24,25)12-14)17(23)15-11-13(5-7-18-15)16(22)19-8-9-20(2)3/h5,7,11,14H,4,6,8-10,12H2,1-3H3,(H,19,22). The lowest BCUT2D eigenvalue weighted by atomic mass is 10.1. The predicted octanol–water partition coefficient (Wildman–Crippen LogP) is 0.0222. The highest BCUT2D eigenvalue weighted by Gasteiger charge is 2.34. The molecule has 26 heavy (non-hydrogen) atoms. The minimum Gasteiger partial charge on any atom is -0.351 e. The second-order valence-electron chi connectivity index (χ2n) is 6.64. The molecule has 0 spiro atoms. The fourth-order valence-corrected chi connectivity index (χ4v) is 4.65. The normalized spacial score (nSPS) is 18.7. The largest absolute Gasteiger partial charge is 0.351 e. The number of aromatic nitrogens is 1. The van der Waals surface area contributed by atoms with Gasteiger partial charge in [0.2, 0.25) is 0 Å². The smallest absolute Gasteiger partial charge is 0.272 e. The molecule has 0 radical (unpaired) electrons. The van der Waals surface area contributed by atoms with Crippen LogP contribution in [-0.2, 0) is 9.84 Å². The van der Waals surface area contributed by atoms with Crippen molar-refractivity contribution in [3.63, 3.8) is 0 Å². The Bertz CT molecular complexity index is 764. The van der Waals surface area contributed by atoms with Crippen molar-refractivity contribution in [1.29, 1.82) is 0 Å². The molecule has 8 nitrogen and oxygen atoms in total. The lowest BCUT2D eigenvalue weighted by Gasteiger charge is -2.26. The topological polar surface area (TPSA) is 99.7 Å². The second kappa shape index (κ2) is 8.59. The maximum absolute atomic E-state index is 12.8. The number of carbonyl (C=O) groups is 2. The van der Waals surface area contributed by atoms with Gasteiger partial charge in [-0.2, -0.15) is 0 Å². The average molecular weight is 382 g/mol. The molecule has 1 aliphatic heterocycles. The number of sulfone groups is 1. The number of rotatable bonds is 7. The number of nitrogens with zero attached hydrogens (tertiary/aromatic N) is 3. The Balaban J connectivity index is 2.10. The second-order valence-corrected chi connectivity index (χ2v) is 8.87. The molecule has 1 aliphatic rings. The Labute approximate surface area is 154 Å². The summed E-state index contributed by atoms with van der Waals surface area (Å²) in [5.74, 6) is -0.534. The SMILES string of the molecule is CCN(C(=O)c1cc(C(=O)NCCN(C)C)ccn1)C1CCS(=O)(=O)C1. The quantitative estimate of drug-likeness (QED) is 0.714. The molecule has 0 bridgehead atoms. The predicted molar refractivity (Wildman–Crippen MR) is 98.9 cm³/mol. The van der Waals surface area contributed by atoms with Gasteiger partial charge in [0, 0.05) is 37.4 Å². The van der Waals surface area contributed by atoms with E-state index in [2.05, 4.69) is 10.3 Å². The van der Waals surface area contributed by atoms with Gasteiger partial charge in [-0.1, -0.05) is 0 Å². The lowest BCUT2D eigenvalue weighted by molar-refractivity contribution is 0.0702. The van der Waals surface area contributed by atoms with Crippen molar-refractivity contribution < 1.29 is 18.0 Å². The number of amides is 2. The van der Waals surface area contributed by atoms with Crippen LogP contribution in [0.1, 0.15) is 34.2 Å². The summed E-state index contributed by atoms with van der Waals surface area (Å²) in [7, 11) is 0.742. The van der Waals surface area contributed by atoms with Crippen LogP contribution in [0.15, 0.2) is 18.3 Å². The molecule has 0 saturated carbocycles. The average Bonchev–Trinajstić information content (AvgIpc) is 2.94. The summed E-state index contributed by atoms with van der Waals surface area (Å²) in [6, 6.07) is 2.68. The molecule has 1 fully saturated rings. The molecule has 144 valence electrons. The summed E-state index contributed by atoms with van der Waals surface area (Å²) in [6.45, 7) is 3.40. The first-order valence-electron chi connectivity index (χ1n) is 8.64. The maximum atomic E-state index is 12.8. The minimum atomic E-state index is -3.09. The molecule has 9 heteroatoms. The number of carbonyl (C=O) groups excluding carboxylic acids is 2. The monoisotopic (exact) mass is 382 g/mol. The van der Waals surface area contributed by atoms with Crippen molar-refractivity contribution in [2.75, 3.05) is 45.2 Å². The molecule has 1 N–H and O–H groups in total. The van der Waals surface area contributed by atoms with Gasteiger partial charge in [-0.05, 0) is 39.6 Å². The van der Waals surface area contributed by atoms with E-state index in [0.29, 0.717) is 31.6 Å². The third-order valence-corrected chi connectivity index (χ3v) is 6.09. The van der Waals surface area contributed by atoms with E-state index in [1.54, 1.807) is 13.0 Å². The lowest BCUT2D eigenvalue weighted by Crippen LogP contribution is -2.41. The first kappa shape index (κ1) is 20.3. The van der Waals surface area contributed by atoms with Gasteiger partial charge in [0.15, 0.2) is 9.84 Å². The van der Waals surface area contributed by atoms with E-state index in [9.17, 15) is 18.0 Å². The molecular weight excluding hydrogens is 356 g/mol. The van der Waals surface area contributed by atoms with Gasteiger partial charge in [0.05, 0.1) is 11.5 Å². The minimum absolute atomic E-state index is 0.0166. The molecule has 2 heterocycles. The Kier molecular flexibility index (Phi) is 6.71. The highest BCUT2D eigenvalue weighted by molar-refractivity contribution is 7.91. The number of likely N-dealkylation sites (N-methyl/N-ethyl adjacent to an activating group) is 1. The van der Waals surface area contributed by atoms with Crippen LogP contribution in [0.3, 0.4) is 0 Å². The molecular formula is C17H26N4O4S. The summed E-state index contributed by atoms with van der Waals surface area (Å²) in [5, 5.41) is 2.79. The van der Waals surface area contributed by atoms with E-state index in [-0.39, 0.29) is 35.1 Å². The molecule has 2 amide bonds. The van der Waals surface area contributed by atoms with Crippen molar-refractivity contribution in [1.82, 2.24) is 20.1 Å². The highest BCUT2D eigenvalue weighted by Crippen LogP contribution is 2.19. The summed E-state index contributed by atoms with van der Waals surface area (Å²) in [6.07, 6.45) is 1.86. The molecule has 1 aromatic rings. The van der Waals surface area contributed by atoms with Crippen molar-refractivity contribution in [3.8, 4) is 0 Å². The number of hydrogen-bond donors (Lipinski definition) is 1. The van der Waals surface area contributed by atoms with Crippen LogP contribution in [0, 0.1) is 0 Å². The van der Waals surface area contributed by atoms with Crippen molar-refractivity contribution >= 4 is 21.7 Å². The van der Waals surface area contributed by atoms with Crippen molar-refractivity contribution in [2.24, 2.45) is 0 Å². The van der Waals surface area contributed by atoms with Crippen LogP contribution < -0.4 is 5.32 Å². The molecule has 0 aromatic carbocycles. The van der Waals surface area contributed by atoms with Crippen molar-refractivity contribution in [2.45, 2.75) is 19.4 Å². The van der Waals surface area contributed by atoms with Gasteiger partial charge in [-0.15, -0.1) is 0 Å². The number of pyridine rings is 1. The Morgan fingerprint density at radius 2 is 2.08 bits per heavy atom. The molecule has 1 atom stereocenters. The Morgan fingerprint density at radius 3 is 2.65 bits per heavy atom. The number of nitrogens with one attached hydrogen (secondary N) is 1. The van der Waals surface area contributed by atoms with E-state index >= 15 is 0 Å². The van der Waals surface area contributed by atoms with Gasteiger partial charge in [0.1, 0.15) is 5.69 Å². The fourth-order valence-electron chi connectivity index (χ4n) is 2.92. The summed E-state index contributed by atoms with van der Waals surface area (Å²) < 4.78 is 23.4. The van der Waals surface area contributed by atoms with Crippen LogP contribution in [0.4, 0.5) is 0 Å².